The smallest absolute Gasteiger partial charge is 0.235 e. The summed E-state index contributed by atoms with van der Waals surface area (Å²) in [6.07, 6.45) is 1.65. The van der Waals surface area contributed by atoms with Gasteiger partial charge < -0.3 is 0 Å². The summed E-state index contributed by atoms with van der Waals surface area (Å²) in [5.74, 6) is -0.0704. The van der Waals surface area contributed by atoms with Gasteiger partial charge in [-0.2, -0.15) is 4.99 Å². The second kappa shape index (κ2) is 3.98. The highest BCUT2D eigenvalue weighted by molar-refractivity contribution is 5.94. The first kappa shape index (κ1) is 10.8. The van der Waals surface area contributed by atoms with Crippen LogP contribution in [0.1, 0.15) is 27.2 Å². The topological polar surface area (TPSA) is 46.5 Å². The van der Waals surface area contributed by atoms with E-state index >= 15 is 0 Å². The van der Waals surface area contributed by atoms with E-state index in [0.29, 0.717) is 5.57 Å². The van der Waals surface area contributed by atoms with Crippen LogP contribution in [0.3, 0.4) is 0 Å². The van der Waals surface area contributed by atoms with Crippen LogP contribution in [0.5, 0.6) is 0 Å². The van der Waals surface area contributed by atoms with Gasteiger partial charge in [-0.15, -0.1) is 0 Å². The zero-order valence-electron chi connectivity index (χ0n) is 7.68. The van der Waals surface area contributed by atoms with E-state index in [1.165, 1.54) is 6.08 Å². The lowest BCUT2D eigenvalue weighted by Crippen LogP contribution is -2.21. The van der Waals surface area contributed by atoms with Crippen molar-refractivity contribution in [3.05, 3.63) is 12.2 Å². The number of isocyanates is 1. The summed E-state index contributed by atoms with van der Waals surface area (Å²) in [6.45, 7) is 8.57. The van der Waals surface area contributed by atoms with Gasteiger partial charge in [0.15, 0.2) is 5.78 Å². The lowest BCUT2D eigenvalue weighted by Gasteiger charge is -2.15. The molecule has 0 aliphatic heterocycles. The molecule has 3 nitrogen and oxygen atoms in total. The van der Waals surface area contributed by atoms with Gasteiger partial charge in [0.1, 0.15) is 0 Å². The molecule has 0 spiro atoms. The van der Waals surface area contributed by atoms with E-state index in [4.69, 9.17) is 0 Å². The number of Topliss-reactive ketones (excluding diaryl/α,β-unsaturated/α-hetero) is 1. The zero-order chi connectivity index (χ0) is 9.78. The van der Waals surface area contributed by atoms with Crippen molar-refractivity contribution in [3.8, 4) is 0 Å². The fourth-order valence-corrected chi connectivity index (χ4v) is 0.707. The predicted molar refractivity (Wildman–Crippen MR) is 46.6 cm³/mol. The maximum absolute atomic E-state index is 11.1. The van der Waals surface area contributed by atoms with Gasteiger partial charge in [0.2, 0.25) is 6.08 Å². The number of ketones is 1. The summed E-state index contributed by atoms with van der Waals surface area (Å²) >= 11 is 0. The normalized spacial score (nSPS) is 10.2. The number of nitrogens with zero attached hydrogens (tertiary/aromatic N) is 1. The van der Waals surface area contributed by atoms with Crippen LogP contribution in [-0.2, 0) is 9.59 Å². The van der Waals surface area contributed by atoms with Crippen LogP contribution >= 0.6 is 0 Å². The zero-order valence-corrected chi connectivity index (χ0v) is 7.68. The Hall–Kier alpha value is -1.21. The Labute approximate surface area is 72.2 Å². The molecule has 0 heterocycles. The number of hydrogen-bond donors (Lipinski definition) is 0. The Morgan fingerprint density at radius 3 is 2.42 bits per heavy atom. The largest absolute Gasteiger partial charge is 0.294 e. The standard InChI is InChI=1S/C9H13NO2/c1-7(2)8(12)5-9(3,4)10-6-11/h1,5H2,2-4H3. The van der Waals surface area contributed by atoms with Gasteiger partial charge in [0.05, 0.1) is 5.54 Å². The maximum Gasteiger partial charge on any atom is 0.235 e. The van der Waals surface area contributed by atoms with E-state index in [0.717, 1.165) is 0 Å². The summed E-state index contributed by atoms with van der Waals surface area (Å²) in [4.78, 5) is 24.6. The van der Waals surface area contributed by atoms with Crippen molar-refractivity contribution in [3.63, 3.8) is 0 Å². The summed E-state index contributed by atoms with van der Waals surface area (Å²) in [6, 6.07) is 0. The molecule has 0 aliphatic carbocycles. The van der Waals surface area contributed by atoms with Gasteiger partial charge in [-0.1, -0.05) is 6.58 Å². The molecule has 0 aromatic heterocycles. The van der Waals surface area contributed by atoms with Crippen LogP contribution in [0, 0.1) is 0 Å². The summed E-state index contributed by atoms with van der Waals surface area (Å²) in [5.41, 5.74) is -0.165. The molecule has 0 N–H and O–H groups in total. The molecule has 0 amide bonds. The second-order valence-corrected chi connectivity index (χ2v) is 3.40. The minimum Gasteiger partial charge on any atom is -0.294 e. The Balaban J connectivity index is 4.34. The fraction of sp³-hybridized carbons (Fsp3) is 0.556. The lowest BCUT2D eigenvalue weighted by atomic mass is 9.96. The van der Waals surface area contributed by atoms with Crippen LogP contribution in [0.15, 0.2) is 17.1 Å². The first-order valence-corrected chi connectivity index (χ1v) is 3.67. The fourth-order valence-electron chi connectivity index (χ4n) is 0.707. The molecule has 12 heavy (non-hydrogen) atoms. The van der Waals surface area contributed by atoms with Gasteiger partial charge >= 0.3 is 0 Å². The lowest BCUT2D eigenvalue weighted by molar-refractivity contribution is -0.116. The predicted octanol–water partition coefficient (Wildman–Crippen LogP) is 1.64. The van der Waals surface area contributed by atoms with Crippen LogP contribution < -0.4 is 0 Å². The highest BCUT2D eigenvalue weighted by Gasteiger charge is 2.20. The minimum atomic E-state index is -0.655. The molecule has 0 bridgehead atoms. The van der Waals surface area contributed by atoms with Crippen molar-refractivity contribution in [2.75, 3.05) is 0 Å². The number of allylic oxidation sites excluding steroid dienone is 1. The molecular weight excluding hydrogens is 154 g/mol. The average molecular weight is 167 g/mol. The molecule has 3 heteroatoms. The molecule has 66 valence electrons. The Kier molecular flexibility index (Phi) is 3.58. The summed E-state index contributed by atoms with van der Waals surface area (Å²) in [7, 11) is 0. The van der Waals surface area contributed by atoms with E-state index in [2.05, 4.69) is 11.6 Å². The molecule has 0 aliphatic rings. The molecule has 0 radical (unpaired) electrons. The molecule has 0 saturated heterocycles. The number of rotatable bonds is 4. The van der Waals surface area contributed by atoms with Crippen molar-refractivity contribution in [2.24, 2.45) is 4.99 Å². The highest BCUT2D eigenvalue weighted by Crippen LogP contribution is 2.15. The van der Waals surface area contributed by atoms with E-state index < -0.39 is 5.54 Å². The van der Waals surface area contributed by atoms with Crippen LogP contribution in [0.2, 0.25) is 0 Å². The third-order valence-corrected chi connectivity index (χ3v) is 1.42. The molecule has 0 rings (SSSR count). The minimum absolute atomic E-state index is 0.0704. The monoisotopic (exact) mass is 167 g/mol. The van der Waals surface area contributed by atoms with Gasteiger partial charge in [0, 0.05) is 6.42 Å². The third kappa shape index (κ3) is 3.84. The molecule has 0 atom stereocenters. The number of aliphatic imine (C=N–C) groups is 1. The number of hydrogen-bond acceptors (Lipinski definition) is 3. The SMILES string of the molecule is C=C(C)C(=O)CC(C)(C)N=C=O. The van der Waals surface area contributed by atoms with Crippen LogP contribution in [-0.4, -0.2) is 17.4 Å². The summed E-state index contributed by atoms with van der Waals surface area (Å²) in [5, 5.41) is 0. The summed E-state index contributed by atoms with van der Waals surface area (Å²) < 4.78 is 0. The van der Waals surface area contributed by atoms with E-state index in [9.17, 15) is 9.59 Å². The first-order valence-electron chi connectivity index (χ1n) is 3.67. The second-order valence-electron chi connectivity index (χ2n) is 3.40. The highest BCUT2D eigenvalue weighted by atomic mass is 16.1. The van der Waals surface area contributed by atoms with Gasteiger partial charge in [-0.3, -0.25) is 4.79 Å². The van der Waals surface area contributed by atoms with Gasteiger partial charge in [-0.05, 0) is 26.3 Å². The molecule has 0 fully saturated rings. The Morgan fingerprint density at radius 2 is 2.08 bits per heavy atom. The van der Waals surface area contributed by atoms with Gasteiger partial charge in [0.25, 0.3) is 0 Å². The van der Waals surface area contributed by atoms with Crippen molar-refractivity contribution < 1.29 is 9.59 Å². The number of carbonyl (C=O) groups is 1. The molecule has 0 saturated carbocycles. The van der Waals surface area contributed by atoms with E-state index in [-0.39, 0.29) is 12.2 Å². The molecular formula is C9H13NO2. The Morgan fingerprint density at radius 1 is 1.58 bits per heavy atom. The molecule has 0 aromatic carbocycles. The van der Waals surface area contributed by atoms with Crippen molar-refractivity contribution in [1.82, 2.24) is 0 Å². The first-order chi connectivity index (χ1) is 5.39. The van der Waals surface area contributed by atoms with Crippen molar-refractivity contribution >= 4 is 11.9 Å². The Bertz CT molecular complexity index is 247. The maximum atomic E-state index is 11.1. The molecule has 0 unspecified atom stereocenters. The third-order valence-electron chi connectivity index (χ3n) is 1.42. The quantitative estimate of drug-likeness (QED) is 0.363. The van der Waals surface area contributed by atoms with E-state index in [1.807, 2.05) is 0 Å². The van der Waals surface area contributed by atoms with Crippen LogP contribution in [0.4, 0.5) is 0 Å². The average Bonchev–Trinajstić information content (AvgIpc) is 1.85. The van der Waals surface area contributed by atoms with Crippen LogP contribution in [0.25, 0.3) is 0 Å². The van der Waals surface area contributed by atoms with Crippen molar-refractivity contribution in [2.45, 2.75) is 32.7 Å². The van der Waals surface area contributed by atoms with Crippen molar-refractivity contribution in [1.29, 1.82) is 0 Å². The number of carbonyl (C=O) groups excluding carboxylic acids is 2. The molecule has 0 aromatic rings. The van der Waals surface area contributed by atoms with Gasteiger partial charge in [-0.25, -0.2) is 4.79 Å². The van der Waals surface area contributed by atoms with E-state index in [1.54, 1.807) is 20.8 Å².